The van der Waals surface area contributed by atoms with Gasteiger partial charge in [0.2, 0.25) is 0 Å². The van der Waals surface area contributed by atoms with Crippen LogP contribution in [0.3, 0.4) is 0 Å². The molecular weight excluding hydrogens is 112 g/mol. The topological polar surface area (TPSA) is 9.23 Å². The number of rotatable bonds is 3. The Morgan fingerprint density at radius 1 is 1.44 bits per heavy atom. The van der Waals surface area contributed by atoms with Crippen molar-refractivity contribution in [3.8, 4) is 0 Å². The zero-order chi connectivity index (χ0) is 6.69. The first-order valence-corrected chi connectivity index (χ1v) is 4.00. The lowest BCUT2D eigenvalue weighted by molar-refractivity contribution is -0.118. The average Bonchev–Trinajstić information content (AvgIpc) is 1.82. The van der Waals surface area contributed by atoms with Crippen molar-refractivity contribution >= 4 is 0 Å². The Hall–Kier alpha value is -0.0400. The van der Waals surface area contributed by atoms with Gasteiger partial charge in [-0.05, 0) is 12.8 Å². The highest BCUT2D eigenvalue weighted by Gasteiger charge is 2.28. The van der Waals surface area contributed by atoms with Crippen LogP contribution < -0.4 is 0 Å². The van der Waals surface area contributed by atoms with E-state index in [1.807, 2.05) is 0 Å². The molecule has 0 spiro atoms. The minimum atomic E-state index is 0.602. The Labute approximate surface area is 57.4 Å². The number of ether oxygens (including phenoxy) is 1. The monoisotopic (exact) mass is 128 g/mol. The first-order chi connectivity index (χ1) is 4.38. The van der Waals surface area contributed by atoms with Crippen LogP contribution in [0.4, 0.5) is 0 Å². The maximum absolute atomic E-state index is 5.35. The highest BCUT2D eigenvalue weighted by Crippen LogP contribution is 2.26. The molecule has 54 valence electrons. The Morgan fingerprint density at radius 3 is 2.56 bits per heavy atom. The molecular formula is C8H16O. The Kier molecular flexibility index (Phi) is 2.52. The highest BCUT2D eigenvalue weighted by atomic mass is 16.5. The maximum Gasteiger partial charge on any atom is 0.0622 e. The van der Waals surface area contributed by atoms with E-state index in [0.717, 1.165) is 12.5 Å². The molecule has 1 aliphatic rings. The molecule has 1 saturated heterocycles. The summed E-state index contributed by atoms with van der Waals surface area (Å²) in [5.74, 6) is 0.889. The van der Waals surface area contributed by atoms with Crippen molar-refractivity contribution in [1.29, 1.82) is 0 Å². The summed E-state index contributed by atoms with van der Waals surface area (Å²) in [7, 11) is 0. The van der Waals surface area contributed by atoms with Gasteiger partial charge in [0.15, 0.2) is 0 Å². The molecule has 0 aliphatic carbocycles. The van der Waals surface area contributed by atoms with Crippen molar-refractivity contribution in [3.05, 3.63) is 0 Å². The summed E-state index contributed by atoms with van der Waals surface area (Å²) in [6.07, 6.45) is 4.47. The summed E-state index contributed by atoms with van der Waals surface area (Å²) in [5, 5.41) is 0. The summed E-state index contributed by atoms with van der Waals surface area (Å²) in [4.78, 5) is 0. The van der Waals surface area contributed by atoms with Crippen molar-refractivity contribution < 1.29 is 4.74 Å². The Balaban J connectivity index is 2.11. The zero-order valence-electron chi connectivity index (χ0n) is 6.39. The van der Waals surface area contributed by atoms with Gasteiger partial charge < -0.3 is 4.74 Å². The minimum Gasteiger partial charge on any atom is -0.377 e. The van der Waals surface area contributed by atoms with Crippen LogP contribution in [-0.2, 0) is 4.74 Å². The molecule has 0 N–H and O–H groups in total. The van der Waals surface area contributed by atoms with Crippen LogP contribution in [0.15, 0.2) is 0 Å². The predicted molar refractivity (Wildman–Crippen MR) is 38.4 cm³/mol. The highest BCUT2D eigenvalue weighted by molar-refractivity contribution is 4.76. The second kappa shape index (κ2) is 3.21. The molecule has 1 heterocycles. The standard InChI is InChI=1S/C8H16O/c1-3-5-7-6-9-8(7)4-2/h7-8H,3-6H2,1-2H3. The first kappa shape index (κ1) is 7.07. The van der Waals surface area contributed by atoms with Crippen molar-refractivity contribution in [3.63, 3.8) is 0 Å². The van der Waals surface area contributed by atoms with Gasteiger partial charge in [-0.3, -0.25) is 0 Å². The van der Waals surface area contributed by atoms with E-state index in [-0.39, 0.29) is 0 Å². The summed E-state index contributed by atoms with van der Waals surface area (Å²) in [6.45, 7) is 5.46. The minimum absolute atomic E-state index is 0.602. The fraction of sp³-hybridized carbons (Fsp3) is 1.00. The third-order valence-corrected chi connectivity index (χ3v) is 2.11. The molecule has 1 heteroatoms. The first-order valence-electron chi connectivity index (χ1n) is 4.00. The molecule has 0 saturated carbocycles. The molecule has 0 aromatic heterocycles. The molecule has 0 radical (unpaired) electrons. The quantitative estimate of drug-likeness (QED) is 0.566. The Morgan fingerprint density at radius 2 is 2.22 bits per heavy atom. The molecule has 0 amide bonds. The van der Waals surface area contributed by atoms with Crippen LogP contribution in [0.25, 0.3) is 0 Å². The molecule has 9 heavy (non-hydrogen) atoms. The zero-order valence-corrected chi connectivity index (χ0v) is 6.39. The molecule has 2 atom stereocenters. The van der Waals surface area contributed by atoms with Gasteiger partial charge in [-0.2, -0.15) is 0 Å². The fourth-order valence-corrected chi connectivity index (χ4v) is 1.46. The SMILES string of the molecule is CCCC1COC1CC. The largest absolute Gasteiger partial charge is 0.377 e. The maximum atomic E-state index is 5.35. The normalized spacial score (nSPS) is 34.0. The second-order valence-corrected chi connectivity index (χ2v) is 2.83. The smallest absolute Gasteiger partial charge is 0.0622 e. The number of hydrogen-bond acceptors (Lipinski definition) is 1. The van der Waals surface area contributed by atoms with Crippen LogP contribution in [0.5, 0.6) is 0 Å². The average molecular weight is 128 g/mol. The van der Waals surface area contributed by atoms with Gasteiger partial charge in [-0.15, -0.1) is 0 Å². The lowest BCUT2D eigenvalue weighted by atomic mass is 9.91. The molecule has 1 aliphatic heterocycles. The van der Waals surface area contributed by atoms with Gasteiger partial charge in [0.1, 0.15) is 0 Å². The van der Waals surface area contributed by atoms with Gasteiger partial charge in [-0.25, -0.2) is 0 Å². The van der Waals surface area contributed by atoms with E-state index < -0.39 is 0 Å². The summed E-state index contributed by atoms with van der Waals surface area (Å²) < 4.78 is 5.35. The van der Waals surface area contributed by atoms with E-state index in [1.54, 1.807) is 0 Å². The molecule has 0 aromatic carbocycles. The third kappa shape index (κ3) is 1.45. The van der Waals surface area contributed by atoms with E-state index in [9.17, 15) is 0 Å². The van der Waals surface area contributed by atoms with Gasteiger partial charge in [0, 0.05) is 5.92 Å². The van der Waals surface area contributed by atoms with Gasteiger partial charge in [-0.1, -0.05) is 20.3 Å². The Bertz CT molecular complexity index is 78.6. The fourth-order valence-electron chi connectivity index (χ4n) is 1.46. The van der Waals surface area contributed by atoms with Crippen molar-refractivity contribution in [2.45, 2.75) is 39.2 Å². The van der Waals surface area contributed by atoms with Crippen LogP contribution >= 0.6 is 0 Å². The predicted octanol–water partition coefficient (Wildman–Crippen LogP) is 2.21. The van der Waals surface area contributed by atoms with E-state index in [0.29, 0.717) is 6.10 Å². The summed E-state index contributed by atoms with van der Waals surface area (Å²) in [6, 6.07) is 0. The van der Waals surface area contributed by atoms with Gasteiger partial charge in [0.05, 0.1) is 12.7 Å². The van der Waals surface area contributed by atoms with Crippen LogP contribution in [0.1, 0.15) is 33.1 Å². The van der Waals surface area contributed by atoms with Gasteiger partial charge in [0.25, 0.3) is 0 Å². The molecule has 1 fully saturated rings. The molecule has 1 nitrogen and oxygen atoms in total. The van der Waals surface area contributed by atoms with Crippen molar-refractivity contribution in [2.24, 2.45) is 5.92 Å². The van der Waals surface area contributed by atoms with Crippen molar-refractivity contribution in [2.75, 3.05) is 6.61 Å². The number of hydrogen-bond donors (Lipinski definition) is 0. The molecule has 0 bridgehead atoms. The molecule has 1 rings (SSSR count). The van der Waals surface area contributed by atoms with E-state index >= 15 is 0 Å². The van der Waals surface area contributed by atoms with Crippen LogP contribution in [0, 0.1) is 5.92 Å². The van der Waals surface area contributed by atoms with Crippen LogP contribution in [-0.4, -0.2) is 12.7 Å². The van der Waals surface area contributed by atoms with E-state index in [2.05, 4.69) is 13.8 Å². The van der Waals surface area contributed by atoms with Crippen molar-refractivity contribution in [1.82, 2.24) is 0 Å². The van der Waals surface area contributed by atoms with E-state index in [4.69, 9.17) is 4.74 Å². The van der Waals surface area contributed by atoms with Crippen LogP contribution in [0.2, 0.25) is 0 Å². The molecule has 0 aromatic rings. The summed E-state index contributed by atoms with van der Waals surface area (Å²) in [5.41, 5.74) is 0. The lowest BCUT2D eigenvalue weighted by Gasteiger charge is -2.36. The van der Waals surface area contributed by atoms with E-state index in [1.165, 1.54) is 19.3 Å². The second-order valence-electron chi connectivity index (χ2n) is 2.83. The van der Waals surface area contributed by atoms with Gasteiger partial charge >= 0.3 is 0 Å². The third-order valence-electron chi connectivity index (χ3n) is 2.11. The lowest BCUT2D eigenvalue weighted by Crippen LogP contribution is -2.38. The molecule has 2 unspecified atom stereocenters. The summed E-state index contributed by atoms with van der Waals surface area (Å²) >= 11 is 0.